The van der Waals surface area contributed by atoms with Gasteiger partial charge in [0.15, 0.2) is 16.3 Å². The van der Waals surface area contributed by atoms with Gasteiger partial charge in [-0.05, 0) is 18.6 Å². The number of para-hydroxylation sites is 1. The van der Waals surface area contributed by atoms with Crippen LogP contribution in [0.15, 0.2) is 34.1 Å². The van der Waals surface area contributed by atoms with E-state index >= 15 is 0 Å². The van der Waals surface area contributed by atoms with E-state index in [0.29, 0.717) is 26.2 Å². The molecule has 0 atom stereocenters. The highest BCUT2D eigenvalue weighted by Gasteiger charge is 2.24. The van der Waals surface area contributed by atoms with Crippen LogP contribution < -0.4 is 16.1 Å². The number of nitrogens with zero attached hydrogens (tertiary/aromatic N) is 7. The minimum absolute atomic E-state index is 0.00424. The average molecular weight is 454 g/mol. The quantitative estimate of drug-likeness (QED) is 0.453. The Labute approximate surface area is 186 Å². The molecule has 10 nitrogen and oxygen atoms in total. The van der Waals surface area contributed by atoms with Crippen molar-refractivity contribution in [1.29, 1.82) is 0 Å². The number of piperazine rings is 1. The fraction of sp³-hybridized carbons (Fsp3) is 0.381. The summed E-state index contributed by atoms with van der Waals surface area (Å²) in [7, 11) is 2.98. The van der Waals surface area contributed by atoms with Gasteiger partial charge in [-0.25, -0.2) is 14.8 Å². The summed E-state index contributed by atoms with van der Waals surface area (Å²) in [4.78, 5) is 50.6. The molecule has 0 bridgehead atoms. The molecule has 0 N–H and O–H groups in total. The van der Waals surface area contributed by atoms with Crippen molar-refractivity contribution in [3.05, 3.63) is 50.9 Å². The third kappa shape index (κ3) is 3.20. The van der Waals surface area contributed by atoms with E-state index in [4.69, 9.17) is 4.98 Å². The number of imidazole rings is 1. The lowest BCUT2D eigenvalue weighted by Crippen LogP contribution is -2.49. The summed E-state index contributed by atoms with van der Waals surface area (Å²) in [6.07, 6.45) is 1.45. The maximum absolute atomic E-state index is 13.0. The molecule has 32 heavy (non-hydrogen) atoms. The van der Waals surface area contributed by atoms with Crippen LogP contribution in [0, 0.1) is 6.92 Å². The second-order valence-electron chi connectivity index (χ2n) is 8.04. The Bertz CT molecular complexity index is 1470. The van der Waals surface area contributed by atoms with Crippen LogP contribution in [0.5, 0.6) is 0 Å². The van der Waals surface area contributed by atoms with Gasteiger partial charge < -0.3 is 14.4 Å². The number of anilines is 1. The van der Waals surface area contributed by atoms with Crippen LogP contribution in [0.1, 0.15) is 5.56 Å². The monoisotopic (exact) mass is 453 g/mol. The van der Waals surface area contributed by atoms with E-state index in [1.54, 1.807) is 23.3 Å². The van der Waals surface area contributed by atoms with Gasteiger partial charge in [-0.3, -0.25) is 18.7 Å². The molecule has 1 aliphatic heterocycles. The number of aryl methyl sites for hydroxylation is 2. The van der Waals surface area contributed by atoms with Crippen molar-refractivity contribution in [3.63, 3.8) is 0 Å². The molecule has 166 valence electrons. The molecule has 1 aromatic carbocycles. The number of aromatic nitrogens is 5. The van der Waals surface area contributed by atoms with E-state index < -0.39 is 11.2 Å². The van der Waals surface area contributed by atoms with Gasteiger partial charge in [0.25, 0.3) is 5.56 Å². The standard InChI is InChI=1S/C21H23N7O3S/c1-13-5-4-6-14-16(13)23-20(32-14)27-9-7-26(8-10-27)15(29)11-28-12-22-18-17(28)19(30)25(3)21(31)24(18)2/h4-6,12H,7-11H2,1-3H3. The number of carbonyl (C=O) groups is 1. The molecule has 11 heteroatoms. The SMILES string of the molecule is Cc1cccc2sc(N3CCN(C(=O)Cn4cnc5c4c(=O)n(C)c(=O)n5C)CC3)nc12. The molecule has 1 amide bonds. The molecule has 5 rings (SSSR count). The van der Waals surface area contributed by atoms with E-state index in [2.05, 4.69) is 28.9 Å². The predicted molar refractivity (Wildman–Crippen MR) is 123 cm³/mol. The van der Waals surface area contributed by atoms with Crippen LogP contribution in [0.25, 0.3) is 21.4 Å². The van der Waals surface area contributed by atoms with Gasteiger partial charge in [0.2, 0.25) is 5.91 Å². The predicted octanol–water partition coefficient (Wildman–Crippen LogP) is 0.701. The summed E-state index contributed by atoms with van der Waals surface area (Å²) in [6, 6.07) is 6.19. The van der Waals surface area contributed by atoms with Crippen LogP contribution in [0.3, 0.4) is 0 Å². The molecule has 1 aliphatic rings. The van der Waals surface area contributed by atoms with Crippen molar-refractivity contribution in [2.24, 2.45) is 14.1 Å². The molecule has 1 saturated heterocycles. The van der Waals surface area contributed by atoms with Crippen molar-refractivity contribution in [2.75, 3.05) is 31.1 Å². The summed E-state index contributed by atoms with van der Waals surface area (Å²) in [5.74, 6) is -0.0833. The number of thiazole rings is 1. The maximum Gasteiger partial charge on any atom is 0.332 e. The van der Waals surface area contributed by atoms with Crippen LogP contribution in [-0.4, -0.2) is 60.7 Å². The smallest absolute Gasteiger partial charge is 0.332 e. The zero-order valence-electron chi connectivity index (χ0n) is 18.1. The van der Waals surface area contributed by atoms with Gasteiger partial charge in [0.05, 0.1) is 16.5 Å². The number of carbonyl (C=O) groups excluding carboxylic acids is 1. The van der Waals surface area contributed by atoms with E-state index in [0.717, 1.165) is 20.8 Å². The summed E-state index contributed by atoms with van der Waals surface area (Å²) in [6.45, 7) is 4.63. The first-order valence-electron chi connectivity index (χ1n) is 10.3. The van der Waals surface area contributed by atoms with E-state index in [1.807, 2.05) is 6.07 Å². The molecule has 1 fully saturated rings. The van der Waals surface area contributed by atoms with Gasteiger partial charge in [-0.2, -0.15) is 0 Å². The van der Waals surface area contributed by atoms with Crippen molar-refractivity contribution in [2.45, 2.75) is 13.5 Å². The Morgan fingerprint density at radius 3 is 2.56 bits per heavy atom. The molecule has 4 aromatic rings. The number of hydrogen-bond donors (Lipinski definition) is 0. The first kappa shape index (κ1) is 20.4. The van der Waals surface area contributed by atoms with Gasteiger partial charge in [0, 0.05) is 40.3 Å². The Hall–Kier alpha value is -3.47. The Balaban J connectivity index is 1.31. The fourth-order valence-electron chi connectivity index (χ4n) is 4.12. The Kier molecular flexibility index (Phi) is 4.85. The van der Waals surface area contributed by atoms with E-state index in [1.165, 1.54) is 27.2 Å². The Morgan fingerprint density at radius 1 is 1.09 bits per heavy atom. The van der Waals surface area contributed by atoms with Crippen LogP contribution in [0.4, 0.5) is 5.13 Å². The van der Waals surface area contributed by atoms with E-state index in [9.17, 15) is 14.4 Å². The van der Waals surface area contributed by atoms with Crippen molar-refractivity contribution >= 4 is 43.8 Å². The van der Waals surface area contributed by atoms with Crippen LogP contribution >= 0.6 is 11.3 Å². The molecule has 0 saturated carbocycles. The topological polar surface area (TPSA) is 98.3 Å². The van der Waals surface area contributed by atoms with Gasteiger partial charge in [-0.15, -0.1) is 0 Å². The minimum atomic E-state index is -0.454. The summed E-state index contributed by atoms with van der Waals surface area (Å²) in [5, 5.41) is 0.978. The summed E-state index contributed by atoms with van der Waals surface area (Å²) in [5.41, 5.74) is 1.84. The lowest BCUT2D eigenvalue weighted by atomic mass is 10.2. The molecule has 0 unspecified atom stereocenters. The van der Waals surface area contributed by atoms with Gasteiger partial charge >= 0.3 is 5.69 Å². The number of benzene rings is 1. The lowest BCUT2D eigenvalue weighted by Gasteiger charge is -2.34. The molecule has 0 radical (unpaired) electrons. The second kappa shape index (κ2) is 7.59. The number of rotatable bonds is 3. The molecule has 4 heterocycles. The number of hydrogen-bond acceptors (Lipinski definition) is 7. The normalized spacial score (nSPS) is 14.6. The maximum atomic E-state index is 13.0. The molecular formula is C21H23N7O3S. The first-order chi connectivity index (χ1) is 15.3. The summed E-state index contributed by atoms with van der Waals surface area (Å²) >= 11 is 1.67. The first-order valence-corrected chi connectivity index (χ1v) is 11.2. The largest absolute Gasteiger partial charge is 0.345 e. The van der Waals surface area contributed by atoms with Gasteiger partial charge in [0.1, 0.15) is 6.54 Å². The van der Waals surface area contributed by atoms with Crippen LogP contribution in [-0.2, 0) is 25.4 Å². The van der Waals surface area contributed by atoms with Gasteiger partial charge in [-0.1, -0.05) is 23.5 Å². The molecule has 3 aromatic heterocycles. The minimum Gasteiger partial charge on any atom is -0.345 e. The highest BCUT2D eigenvalue weighted by molar-refractivity contribution is 7.22. The third-order valence-corrected chi connectivity index (χ3v) is 7.12. The third-order valence-electron chi connectivity index (χ3n) is 6.04. The number of fused-ring (bicyclic) bond motifs is 2. The summed E-state index contributed by atoms with van der Waals surface area (Å²) < 4.78 is 5.04. The lowest BCUT2D eigenvalue weighted by molar-refractivity contribution is -0.132. The second-order valence-corrected chi connectivity index (χ2v) is 9.05. The highest BCUT2D eigenvalue weighted by atomic mass is 32.1. The average Bonchev–Trinajstić information content (AvgIpc) is 3.42. The molecule has 0 aliphatic carbocycles. The van der Waals surface area contributed by atoms with Crippen LogP contribution in [0.2, 0.25) is 0 Å². The highest BCUT2D eigenvalue weighted by Crippen LogP contribution is 2.31. The zero-order valence-corrected chi connectivity index (χ0v) is 18.9. The zero-order chi connectivity index (χ0) is 22.6. The molecular weight excluding hydrogens is 430 g/mol. The van der Waals surface area contributed by atoms with Crippen molar-refractivity contribution in [1.82, 2.24) is 28.6 Å². The van der Waals surface area contributed by atoms with Crippen molar-refractivity contribution < 1.29 is 4.79 Å². The number of amides is 1. The fourth-order valence-corrected chi connectivity index (χ4v) is 5.21. The Morgan fingerprint density at radius 2 is 1.84 bits per heavy atom. The van der Waals surface area contributed by atoms with Crippen molar-refractivity contribution in [3.8, 4) is 0 Å². The molecule has 0 spiro atoms. The van der Waals surface area contributed by atoms with E-state index in [-0.39, 0.29) is 23.6 Å².